The van der Waals surface area contributed by atoms with E-state index in [4.69, 9.17) is 15.7 Å². The molecule has 1 heterocycles. The van der Waals surface area contributed by atoms with Crippen LogP contribution in [0.4, 0.5) is 5.69 Å². The molecule has 0 bridgehead atoms. The van der Waals surface area contributed by atoms with Crippen molar-refractivity contribution in [3.63, 3.8) is 0 Å². The first-order chi connectivity index (χ1) is 10.2. The Morgan fingerprint density at radius 3 is 2.64 bits per heavy atom. The van der Waals surface area contributed by atoms with Crippen molar-refractivity contribution in [2.45, 2.75) is 33.2 Å². The fraction of sp³-hybridized carbons (Fsp3) is 0.400. The second-order valence-corrected chi connectivity index (χ2v) is 5.80. The Balaban J connectivity index is 2.56. The lowest BCUT2D eigenvalue weighted by molar-refractivity contribution is -0.165. The fourth-order valence-corrected chi connectivity index (χ4v) is 1.32. The number of carboxylic acid groups (broad SMARTS) is 1. The van der Waals surface area contributed by atoms with E-state index in [0.29, 0.717) is 11.4 Å². The van der Waals surface area contributed by atoms with Crippen LogP contribution in [-0.2, 0) is 14.4 Å². The highest BCUT2D eigenvalue weighted by molar-refractivity contribution is 5.76. The van der Waals surface area contributed by atoms with E-state index in [2.05, 4.69) is 10.5 Å². The summed E-state index contributed by atoms with van der Waals surface area (Å²) in [4.78, 5) is 31.6. The second kappa shape index (κ2) is 7.56. The van der Waals surface area contributed by atoms with E-state index in [1.54, 1.807) is 45.1 Å². The van der Waals surface area contributed by atoms with E-state index < -0.39 is 23.4 Å². The van der Waals surface area contributed by atoms with Crippen LogP contribution >= 0.6 is 0 Å². The van der Waals surface area contributed by atoms with Crippen LogP contribution in [0.5, 0.6) is 0 Å². The molecule has 4 N–H and O–H groups in total. The number of carbonyl (C=O) groups is 2. The normalized spacial score (nSPS) is 13.0. The predicted octanol–water partition coefficient (Wildman–Crippen LogP) is 1.61. The number of hydrogen-bond acceptors (Lipinski definition) is 6. The third-order valence-corrected chi connectivity index (χ3v) is 2.67. The van der Waals surface area contributed by atoms with Crippen LogP contribution in [0.25, 0.3) is 6.08 Å². The molecule has 1 rings (SSSR count). The average molecular weight is 307 g/mol. The van der Waals surface area contributed by atoms with Gasteiger partial charge in [-0.3, -0.25) is 9.78 Å². The Labute approximate surface area is 129 Å². The summed E-state index contributed by atoms with van der Waals surface area (Å²) in [5.41, 5.74) is 8.30. The molecule has 7 heteroatoms. The lowest BCUT2D eigenvalue weighted by atomic mass is 9.98. The third-order valence-electron chi connectivity index (χ3n) is 2.67. The summed E-state index contributed by atoms with van der Waals surface area (Å²) in [5, 5.41) is 9.10. The maximum Gasteiger partial charge on any atom is 0.330 e. The highest BCUT2D eigenvalue weighted by Crippen LogP contribution is 2.14. The van der Waals surface area contributed by atoms with Crippen LogP contribution in [0.2, 0.25) is 0 Å². The number of aromatic nitrogens is 1. The topological polar surface area (TPSA) is 115 Å². The molecule has 0 spiro atoms. The van der Waals surface area contributed by atoms with Crippen LogP contribution in [0.3, 0.4) is 0 Å². The zero-order valence-electron chi connectivity index (χ0n) is 12.9. The van der Waals surface area contributed by atoms with Crippen molar-refractivity contribution < 1.29 is 19.5 Å². The Hall–Kier alpha value is -2.41. The van der Waals surface area contributed by atoms with E-state index in [0.717, 1.165) is 0 Å². The molecule has 0 saturated carbocycles. The Kier molecular flexibility index (Phi) is 6.06. The maximum absolute atomic E-state index is 11.6. The van der Waals surface area contributed by atoms with E-state index in [-0.39, 0.29) is 6.42 Å². The molecule has 1 aromatic rings. The Morgan fingerprint density at radius 2 is 2.14 bits per heavy atom. The van der Waals surface area contributed by atoms with E-state index in [1.807, 2.05) is 0 Å². The number of carboxylic acids is 1. The molecule has 120 valence electrons. The number of anilines is 1. The molecule has 0 aromatic carbocycles. The van der Waals surface area contributed by atoms with Crippen molar-refractivity contribution in [3.8, 4) is 0 Å². The zero-order chi connectivity index (χ0) is 16.8. The molecular formula is C15H21N3O4. The molecule has 0 aliphatic heterocycles. The van der Waals surface area contributed by atoms with Gasteiger partial charge in [0.25, 0.3) is 0 Å². The predicted molar refractivity (Wildman–Crippen MR) is 82.4 cm³/mol. The molecule has 0 amide bonds. The van der Waals surface area contributed by atoms with Gasteiger partial charge in [0.2, 0.25) is 0 Å². The summed E-state index contributed by atoms with van der Waals surface area (Å²) in [6.07, 6.45) is 4.95. The number of nitrogen functional groups attached to an aromatic ring is 1. The van der Waals surface area contributed by atoms with Crippen molar-refractivity contribution >= 4 is 23.7 Å². The highest BCUT2D eigenvalue weighted by Gasteiger charge is 2.25. The SMILES string of the molecule is CC(C)(C)C(=O)ON[C@@H](CC=Cc1ccc(N)cn1)C(=O)O. The number of nitrogens with two attached hydrogens (primary N) is 1. The molecule has 1 atom stereocenters. The van der Waals surface area contributed by atoms with E-state index in [1.165, 1.54) is 6.20 Å². The summed E-state index contributed by atoms with van der Waals surface area (Å²) < 4.78 is 0. The number of nitrogens with one attached hydrogen (secondary N) is 1. The van der Waals surface area contributed by atoms with Crippen molar-refractivity contribution in [1.82, 2.24) is 10.5 Å². The fourth-order valence-electron chi connectivity index (χ4n) is 1.32. The van der Waals surface area contributed by atoms with Crippen LogP contribution in [0.1, 0.15) is 32.9 Å². The molecule has 0 aliphatic carbocycles. The molecule has 0 unspecified atom stereocenters. The number of rotatable bonds is 6. The number of hydroxylamine groups is 1. The summed E-state index contributed by atoms with van der Waals surface area (Å²) in [5.74, 6) is -1.64. The first kappa shape index (κ1) is 17.6. The minimum Gasteiger partial charge on any atom is -0.480 e. The highest BCUT2D eigenvalue weighted by atomic mass is 16.7. The summed E-state index contributed by atoms with van der Waals surface area (Å²) in [7, 11) is 0. The van der Waals surface area contributed by atoms with Gasteiger partial charge in [-0.25, -0.2) is 4.79 Å². The molecule has 7 nitrogen and oxygen atoms in total. The van der Waals surface area contributed by atoms with Crippen LogP contribution < -0.4 is 11.2 Å². The van der Waals surface area contributed by atoms with Crippen LogP contribution in [0.15, 0.2) is 24.4 Å². The summed E-state index contributed by atoms with van der Waals surface area (Å²) >= 11 is 0. The summed E-state index contributed by atoms with van der Waals surface area (Å²) in [6, 6.07) is 2.38. The van der Waals surface area contributed by atoms with Crippen molar-refractivity contribution in [1.29, 1.82) is 0 Å². The molecule has 0 fully saturated rings. The first-order valence-electron chi connectivity index (χ1n) is 6.78. The average Bonchev–Trinajstić information content (AvgIpc) is 2.42. The first-order valence-corrected chi connectivity index (χ1v) is 6.78. The number of hydrogen-bond donors (Lipinski definition) is 3. The van der Waals surface area contributed by atoms with Gasteiger partial charge in [0.1, 0.15) is 6.04 Å². The molecule has 1 aromatic heterocycles. The van der Waals surface area contributed by atoms with Gasteiger partial charge >= 0.3 is 11.9 Å². The molecule has 0 aliphatic rings. The number of nitrogens with zero attached hydrogens (tertiary/aromatic N) is 1. The smallest absolute Gasteiger partial charge is 0.330 e. The van der Waals surface area contributed by atoms with Gasteiger partial charge in [-0.05, 0) is 45.4 Å². The largest absolute Gasteiger partial charge is 0.480 e. The van der Waals surface area contributed by atoms with Crippen LogP contribution in [0, 0.1) is 5.41 Å². The van der Waals surface area contributed by atoms with Gasteiger partial charge in [0.05, 0.1) is 23.0 Å². The minimum absolute atomic E-state index is 0.138. The third kappa shape index (κ3) is 5.92. The van der Waals surface area contributed by atoms with E-state index >= 15 is 0 Å². The number of pyridine rings is 1. The Morgan fingerprint density at radius 1 is 1.45 bits per heavy atom. The van der Waals surface area contributed by atoms with Gasteiger partial charge < -0.3 is 15.7 Å². The quantitative estimate of drug-likeness (QED) is 0.684. The van der Waals surface area contributed by atoms with Crippen molar-refractivity contribution in [3.05, 3.63) is 30.1 Å². The standard InChI is InChI=1S/C15H21N3O4/c1-15(2,3)14(21)22-18-12(13(19)20)6-4-5-11-8-7-10(16)9-17-11/h4-5,7-9,12,18H,6,16H2,1-3H3,(H,19,20)/t12-/m0/s1. The zero-order valence-corrected chi connectivity index (χ0v) is 12.9. The Bertz CT molecular complexity index is 547. The maximum atomic E-state index is 11.6. The second-order valence-electron chi connectivity index (χ2n) is 5.80. The molecule has 0 saturated heterocycles. The molecular weight excluding hydrogens is 286 g/mol. The van der Waals surface area contributed by atoms with Gasteiger partial charge in [0, 0.05) is 0 Å². The van der Waals surface area contributed by atoms with Gasteiger partial charge in [-0.15, -0.1) is 5.48 Å². The number of aliphatic carboxylic acids is 1. The molecule has 0 radical (unpaired) electrons. The monoisotopic (exact) mass is 307 g/mol. The van der Waals surface area contributed by atoms with Gasteiger partial charge in [0.15, 0.2) is 0 Å². The lowest BCUT2D eigenvalue weighted by Crippen LogP contribution is -2.40. The minimum atomic E-state index is -1.11. The van der Waals surface area contributed by atoms with Crippen molar-refractivity contribution in [2.24, 2.45) is 5.41 Å². The van der Waals surface area contributed by atoms with Crippen LogP contribution in [-0.4, -0.2) is 28.1 Å². The van der Waals surface area contributed by atoms with Gasteiger partial charge in [-0.2, -0.15) is 0 Å². The molecule has 22 heavy (non-hydrogen) atoms. The summed E-state index contributed by atoms with van der Waals surface area (Å²) in [6.45, 7) is 5.04. The lowest BCUT2D eigenvalue weighted by Gasteiger charge is -2.18. The van der Waals surface area contributed by atoms with Crippen molar-refractivity contribution in [2.75, 3.05) is 5.73 Å². The van der Waals surface area contributed by atoms with Gasteiger partial charge in [-0.1, -0.05) is 6.08 Å². The number of carbonyl (C=O) groups excluding carboxylic acids is 1. The van der Waals surface area contributed by atoms with E-state index in [9.17, 15) is 9.59 Å².